The molecule has 1 aromatic carbocycles. The van der Waals surface area contributed by atoms with Gasteiger partial charge in [-0.3, -0.25) is 0 Å². The number of hydrogen-bond acceptors (Lipinski definition) is 2. The highest BCUT2D eigenvalue weighted by Gasteiger charge is 2.32. The molecule has 2 rings (SSSR count). The largest absolute Gasteiger partial charge is 0.489 e. The third kappa shape index (κ3) is 2.62. The van der Waals surface area contributed by atoms with Crippen molar-refractivity contribution in [1.29, 1.82) is 0 Å². The molecule has 1 aromatic rings. The first-order chi connectivity index (χ1) is 7.61. The second-order valence-electron chi connectivity index (χ2n) is 4.27. The lowest BCUT2D eigenvalue weighted by atomic mass is 10.0. The molecule has 0 unspecified atom stereocenters. The maximum Gasteiger partial charge on any atom is 0.139 e. The molecule has 4 heteroatoms. The van der Waals surface area contributed by atoms with Crippen molar-refractivity contribution < 1.29 is 9.84 Å². The second kappa shape index (κ2) is 4.82. The second-order valence-corrected chi connectivity index (χ2v) is 5.06. The lowest BCUT2D eigenvalue weighted by Crippen LogP contribution is -2.32. The van der Waals surface area contributed by atoms with Gasteiger partial charge in [-0.05, 0) is 25.0 Å². The number of ether oxygens (including phenoxy) is 1. The predicted molar refractivity (Wildman–Crippen MR) is 65.4 cm³/mol. The van der Waals surface area contributed by atoms with Crippen molar-refractivity contribution in [1.82, 2.24) is 0 Å². The molecule has 88 valence electrons. The first kappa shape index (κ1) is 12.0. The standard InChI is InChI=1S/C12H14Cl2O2/c13-9-4-3-5-10(11(9)14)16-8-12(15)6-1-2-7-12/h3-5,15H,1-2,6-8H2. The van der Waals surface area contributed by atoms with Crippen LogP contribution in [-0.4, -0.2) is 17.3 Å². The topological polar surface area (TPSA) is 29.5 Å². The van der Waals surface area contributed by atoms with E-state index < -0.39 is 5.60 Å². The molecule has 1 aliphatic carbocycles. The number of hydrogen-bond donors (Lipinski definition) is 1. The molecule has 0 spiro atoms. The fourth-order valence-corrected chi connectivity index (χ4v) is 2.33. The average molecular weight is 261 g/mol. The van der Waals surface area contributed by atoms with Crippen LogP contribution in [0.15, 0.2) is 18.2 Å². The first-order valence-corrected chi connectivity index (χ1v) is 6.15. The predicted octanol–water partition coefficient (Wildman–Crippen LogP) is 3.68. The van der Waals surface area contributed by atoms with Crippen LogP contribution < -0.4 is 4.74 Å². The van der Waals surface area contributed by atoms with Crippen molar-refractivity contribution in [2.75, 3.05) is 6.61 Å². The Morgan fingerprint density at radius 3 is 2.62 bits per heavy atom. The highest BCUT2D eigenvalue weighted by Crippen LogP contribution is 2.34. The van der Waals surface area contributed by atoms with E-state index >= 15 is 0 Å². The van der Waals surface area contributed by atoms with Gasteiger partial charge in [0.05, 0.1) is 10.6 Å². The molecule has 0 aromatic heterocycles. The summed E-state index contributed by atoms with van der Waals surface area (Å²) < 4.78 is 5.54. The summed E-state index contributed by atoms with van der Waals surface area (Å²) in [4.78, 5) is 0. The summed E-state index contributed by atoms with van der Waals surface area (Å²) in [5.41, 5.74) is -0.689. The zero-order valence-corrected chi connectivity index (χ0v) is 10.4. The zero-order valence-electron chi connectivity index (χ0n) is 8.88. The molecule has 1 fully saturated rings. The Bertz CT molecular complexity index is 373. The maximum absolute atomic E-state index is 10.1. The summed E-state index contributed by atoms with van der Waals surface area (Å²) in [6.45, 7) is 0.285. The van der Waals surface area contributed by atoms with Crippen molar-refractivity contribution in [3.63, 3.8) is 0 Å². The van der Waals surface area contributed by atoms with Gasteiger partial charge in [0.15, 0.2) is 0 Å². The minimum absolute atomic E-state index is 0.285. The van der Waals surface area contributed by atoms with Gasteiger partial charge in [-0.1, -0.05) is 42.1 Å². The van der Waals surface area contributed by atoms with Crippen molar-refractivity contribution in [2.24, 2.45) is 0 Å². The average Bonchev–Trinajstić information content (AvgIpc) is 2.68. The van der Waals surface area contributed by atoms with Crippen LogP contribution in [-0.2, 0) is 0 Å². The summed E-state index contributed by atoms with van der Waals surface area (Å²) >= 11 is 11.9. The molecular weight excluding hydrogens is 247 g/mol. The maximum atomic E-state index is 10.1. The van der Waals surface area contributed by atoms with Gasteiger partial charge >= 0.3 is 0 Å². The quantitative estimate of drug-likeness (QED) is 0.899. The van der Waals surface area contributed by atoms with Crippen LogP contribution in [0.1, 0.15) is 25.7 Å². The van der Waals surface area contributed by atoms with E-state index in [4.69, 9.17) is 27.9 Å². The van der Waals surface area contributed by atoms with E-state index in [1.807, 2.05) is 0 Å². The fourth-order valence-electron chi connectivity index (χ4n) is 1.99. The van der Waals surface area contributed by atoms with Crippen LogP contribution in [0.4, 0.5) is 0 Å². The molecule has 0 saturated heterocycles. The van der Waals surface area contributed by atoms with E-state index in [0.717, 1.165) is 25.7 Å². The zero-order chi connectivity index (χ0) is 11.6. The minimum atomic E-state index is -0.689. The smallest absolute Gasteiger partial charge is 0.139 e. The normalized spacial score (nSPS) is 18.7. The minimum Gasteiger partial charge on any atom is -0.489 e. The molecule has 1 aliphatic rings. The number of aliphatic hydroxyl groups is 1. The summed E-state index contributed by atoms with van der Waals surface area (Å²) in [7, 11) is 0. The highest BCUT2D eigenvalue weighted by molar-refractivity contribution is 6.42. The van der Waals surface area contributed by atoms with Crippen molar-refractivity contribution in [3.8, 4) is 5.75 Å². The van der Waals surface area contributed by atoms with E-state index in [9.17, 15) is 5.11 Å². The van der Waals surface area contributed by atoms with Crippen LogP contribution in [0.2, 0.25) is 10.0 Å². The molecule has 0 heterocycles. The third-order valence-corrected chi connectivity index (χ3v) is 3.75. The molecule has 0 bridgehead atoms. The monoisotopic (exact) mass is 260 g/mol. The highest BCUT2D eigenvalue weighted by atomic mass is 35.5. The summed E-state index contributed by atoms with van der Waals surface area (Å²) in [5, 5.41) is 11.0. The lowest BCUT2D eigenvalue weighted by Gasteiger charge is -2.22. The van der Waals surface area contributed by atoms with Gasteiger partial charge in [0, 0.05) is 0 Å². The van der Waals surface area contributed by atoms with Crippen molar-refractivity contribution in [2.45, 2.75) is 31.3 Å². The van der Waals surface area contributed by atoms with E-state index in [2.05, 4.69) is 0 Å². The molecule has 1 saturated carbocycles. The number of halogens is 2. The van der Waals surface area contributed by atoms with Crippen LogP contribution in [0, 0.1) is 0 Å². The Morgan fingerprint density at radius 1 is 1.25 bits per heavy atom. The Labute approximate surface area is 105 Å². The Morgan fingerprint density at radius 2 is 1.94 bits per heavy atom. The van der Waals surface area contributed by atoms with Gasteiger partial charge in [0.1, 0.15) is 17.4 Å². The molecule has 0 amide bonds. The molecular formula is C12H14Cl2O2. The molecule has 0 radical (unpaired) electrons. The van der Waals surface area contributed by atoms with Gasteiger partial charge < -0.3 is 9.84 Å². The van der Waals surface area contributed by atoms with E-state index in [0.29, 0.717) is 15.8 Å². The van der Waals surface area contributed by atoms with Crippen molar-refractivity contribution in [3.05, 3.63) is 28.2 Å². The summed E-state index contributed by atoms with van der Waals surface area (Å²) in [6.07, 6.45) is 3.71. The third-order valence-electron chi connectivity index (χ3n) is 2.95. The van der Waals surface area contributed by atoms with Crippen LogP contribution >= 0.6 is 23.2 Å². The Hall–Kier alpha value is -0.440. The van der Waals surface area contributed by atoms with Crippen LogP contribution in [0.5, 0.6) is 5.75 Å². The molecule has 16 heavy (non-hydrogen) atoms. The van der Waals surface area contributed by atoms with Gasteiger partial charge in [-0.15, -0.1) is 0 Å². The molecule has 0 atom stereocenters. The van der Waals surface area contributed by atoms with Gasteiger partial charge in [-0.25, -0.2) is 0 Å². The van der Waals surface area contributed by atoms with E-state index in [-0.39, 0.29) is 6.61 Å². The van der Waals surface area contributed by atoms with Gasteiger partial charge in [-0.2, -0.15) is 0 Å². The number of rotatable bonds is 3. The molecule has 1 N–H and O–H groups in total. The van der Waals surface area contributed by atoms with Crippen LogP contribution in [0.25, 0.3) is 0 Å². The fraction of sp³-hybridized carbons (Fsp3) is 0.500. The van der Waals surface area contributed by atoms with Crippen molar-refractivity contribution >= 4 is 23.2 Å². The SMILES string of the molecule is OC1(COc2cccc(Cl)c2Cl)CCCC1. The summed E-state index contributed by atoms with van der Waals surface area (Å²) in [5.74, 6) is 0.537. The first-order valence-electron chi connectivity index (χ1n) is 5.40. The molecule has 0 aliphatic heterocycles. The number of benzene rings is 1. The lowest BCUT2D eigenvalue weighted by molar-refractivity contribution is 0.00145. The van der Waals surface area contributed by atoms with Gasteiger partial charge in [0.2, 0.25) is 0 Å². The van der Waals surface area contributed by atoms with E-state index in [1.165, 1.54) is 0 Å². The Balaban J connectivity index is 2.02. The summed E-state index contributed by atoms with van der Waals surface area (Å²) in [6, 6.07) is 5.25. The molecule has 2 nitrogen and oxygen atoms in total. The van der Waals surface area contributed by atoms with E-state index in [1.54, 1.807) is 18.2 Å². The Kier molecular flexibility index (Phi) is 3.63. The van der Waals surface area contributed by atoms with Crippen LogP contribution in [0.3, 0.4) is 0 Å². The van der Waals surface area contributed by atoms with Gasteiger partial charge in [0.25, 0.3) is 0 Å².